The standard InChI is InChI=1S/C13H11FN2O4S/c1-6-10(15)12(13(17)20-2)21-11(6)7-3-8(14)5-9(4-7)16(18)19/h3-5H,15H2,1-2H3. The molecular weight excluding hydrogens is 299 g/mol. The average molecular weight is 310 g/mol. The minimum atomic E-state index is -0.731. The Balaban J connectivity index is 2.62. The largest absolute Gasteiger partial charge is 0.465 e. The molecular formula is C13H11FN2O4S. The van der Waals surface area contributed by atoms with Crippen LogP contribution >= 0.6 is 11.3 Å². The van der Waals surface area contributed by atoms with Crippen molar-refractivity contribution in [1.29, 1.82) is 0 Å². The number of benzene rings is 1. The van der Waals surface area contributed by atoms with E-state index in [9.17, 15) is 19.3 Å². The second-order valence-corrected chi connectivity index (χ2v) is 5.27. The van der Waals surface area contributed by atoms with Crippen molar-refractivity contribution in [2.75, 3.05) is 12.8 Å². The Morgan fingerprint density at radius 3 is 2.67 bits per heavy atom. The number of methoxy groups -OCH3 is 1. The summed E-state index contributed by atoms with van der Waals surface area (Å²) >= 11 is 1.01. The van der Waals surface area contributed by atoms with Gasteiger partial charge in [-0.1, -0.05) is 0 Å². The number of non-ortho nitro benzene ring substituents is 1. The Kier molecular flexibility index (Phi) is 3.90. The first-order valence-corrected chi connectivity index (χ1v) is 6.59. The Hall–Kier alpha value is -2.48. The summed E-state index contributed by atoms with van der Waals surface area (Å²) in [4.78, 5) is 22.4. The highest BCUT2D eigenvalue weighted by Gasteiger charge is 2.21. The van der Waals surface area contributed by atoms with Crippen LogP contribution in [-0.4, -0.2) is 18.0 Å². The minimum Gasteiger partial charge on any atom is -0.465 e. The van der Waals surface area contributed by atoms with Gasteiger partial charge in [0.1, 0.15) is 10.7 Å². The van der Waals surface area contributed by atoms with Crippen molar-refractivity contribution in [2.45, 2.75) is 6.92 Å². The van der Waals surface area contributed by atoms with Gasteiger partial charge in [0, 0.05) is 16.5 Å². The van der Waals surface area contributed by atoms with E-state index >= 15 is 0 Å². The Bertz CT molecular complexity index is 742. The molecule has 0 aliphatic rings. The van der Waals surface area contributed by atoms with E-state index in [-0.39, 0.29) is 16.3 Å². The predicted octanol–water partition coefficient (Wildman–Crippen LogP) is 3.14. The van der Waals surface area contributed by atoms with Gasteiger partial charge < -0.3 is 10.5 Å². The molecule has 1 aromatic heterocycles. The lowest BCUT2D eigenvalue weighted by Crippen LogP contribution is -2.01. The molecule has 2 N–H and O–H groups in total. The van der Waals surface area contributed by atoms with Crippen LogP contribution in [0, 0.1) is 22.9 Å². The number of carbonyl (C=O) groups is 1. The maximum absolute atomic E-state index is 13.5. The fraction of sp³-hybridized carbons (Fsp3) is 0.154. The van der Waals surface area contributed by atoms with E-state index in [1.165, 1.54) is 13.2 Å². The lowest BCUT2D eigenvalue weighted by molar-refractivity contribution is -0.385. The van der Waals surface area contributed by atoms with Crippen LogP contribution < -0.4 is 5.73 Å². The molecule has 0 unspecified atom stereocenters. The highest BCUT2D eigenvalue weighted by Crippen LogP contribution is 2.39. The molecule has 0 spiro atoms. The third kappa shape index (κ3) is 2.70. The zero-order valence-corrected chi connectivity index (χ0v) is 12.0. The number of halogens is 1. The highest BCUT2D eigenvalue weighted by molar-refractivity contribution is 7.18. The van der Waals surface area contributed by atoms with Crippen molar-refractivity contribution in [2.24, 2.45) is 0 Å². The first-order valence-electron chi connectivity index (χ1n) is 5.77. The van der Waals surface area contributed by atoms with Crippen LogP contribution in [0.15, 0.2) is 18.2 Å². The summed E-state index contributed by atoms with van der Waals surface area (Å²) in [5.74, 6) is -1.33. The van der Waals surface area contributed by atoms with Gasteiger partial charge in [0.05, 0.1) is 23.8 Å². The van der Waals surface area contributed by atoms with Gasteiger partial charge in [-0.05, 0) is 18.6 Å². The highest BCUT2D eigenvalue weighted by atomic mass is 32.1. The summed E-state index contributed by atoms with van der Waals surface area (Å²) in [7, 11) is 1.23. The lowest BCUT2D eigenvalue weighted by Gasteiger charge is -2.01. The van der Waals surface area contributed by atoms with Crippen LogP contribution in [0.3, 0.4) is 0 Å². The number of rotatable bonds is 3. The molecule has 0 saturated carbocycles. The van der Waals surface area contributed by atoms with Gasteiger partial charge in [-0.15, -0.1) is 11.3 Å². The summed E-state index contributed by atoms with van der Waals surface area (Å²) in [6.45, 7) is 1.66. The van der Waals surface area contributed by atoms with Crippen molar-refractivity contribution in [3.63, 3.8) is 0 Å². The van der Waals surface area contributed by atoms with E-state index in [2.05, 4.69) is 4.74 Å². The zero-order chi connectivity index (χ0) is 15.7. The number of ether oxygens (including phenoxy) is 1. The molecule has 0 fully saturated rings. The fourth-order valence-electron chi connectivity index (χ4n) is 1.86. The molecule has 1 aromatic carbocycles. The molecule has 0 atom stereocenters. The van der Waals surface area contributed by atoms with E-state index in [1.807, 2.05) is 0 Å². The Morgan fingerprint density at radius 2 is 2.10 bits per heavy atom. The molecule has 1 heterocycles. The molecule has 0 saturated heterocycles. The number of carbonyl (C=O) groups excluding carboxylic acids is 1. The van der Waals surface area contributed by atoms with Crippen LogP contribution in [0.1, 0.15) is 15.2 Å². The predicted molar refractivity (Wildman–Crippen MR) is 76.9 cm³/mol. The topological polar surface area (TPSA) is 95.5 Å². The number of anilines is 1. The van der Waals surface area contributed by atoms with E-state index < -0.39 is 16.7 Å². The van der Waals surface area contributed by atoms with Crippen molar-refractivity contribution in [1.82, 2.24) is 0 Å². The number of nitro benzene ring substituents is 1. The number of hydrogen-bond acceptors (Lipinski definition) is 6. The number of thiophene rings is 1. The van der Waals surface area contributed by atoms with E-state index in [0.29, 0.717) is 16.0 Å². The zero-order valence-electron chi connectivity index (χ0n) is 11.2. The van der Waals surface area contributed by atoms with Crippen molar-refractivity contribution < 1.29 is 18.8 Å². The van der Waals surface area contributed by atoms with Gasteiger partial charge in [-0.25, -0.2) is 9.18 Å². The van der Waals surface area contributed by atoms with Gasteiger partial charge >= 0.3 is 5.97 Å². The molecule has 0 aliphatic carbocycles. The second kappa shape index (κ2) is 5.49. The number of nitrogens with zero attached hydrogens (tertiary/aromatic N) is 1. The minimum absolute atomic E-state index is 0.192. The van der Waals surface area contributed by atoms with E-state index in [0.717, 1.165) is 23.5 Å². The lowest BCUT2D eigenvalue weighted by atomic mass is 10.1. The first kappa shape index (κ1) is 14.9. The fourth-order valence-corrected chi connectivity index (χ4v) is 2.99. The number of esters is 1. The van der Waals surface area contributed by atoms with Crippen LogP contribution in [0.25, 0.3) is 10.4 Å². The summed E-state index contributed by atoms with van der Waals surface area (Å²) in [5, 5.41) is 10.8. The molecule has 2 aromatic rings. The van der Waals surface area contributed by atoms with Gasteiger partial charge in [0.2, 0.25) is 0 Å². The van der Waals surface area contributed by atoms with Gasteiger partial charge in [0.25, 0.3) is 5.69 Å². The maximum Gasteiger partial charge on any atom is 0.350 e. The molecule has 8 heteroatoms. The summed E-state index contributed by atoms with van der Waals surface area (Å²) in [6, 6.07) is 3.23. The SMILES string of the molecule is COC(=O)c1sc(-c2cc(F)cc([N+](=O)[O-])c2)c(C)c1N. The molecule has 2 rings (SSSR count). The van der Waals surface area contributed by atoms with Gasteiger partial charge in [-0.2, -0.15) is 0 Å². The van der Waals surface area contributed by atoms with Crippen molar-refractivity contribution in [3.05, 3.63) is 44.6 Å². The third-order valence-corrected chi connectivity index (χ3v) is 4.26. The Labute approximate surface area is 123 Å². The maximum atomic E-state index is 13.5. The van der Waals surface area contributed by atoms with E-state index in [1.54, 1.807) is 6.92 Å². The average Bonchev–Trinajstić information content (AvgIpc) is 2.74. The molecule has 21 heavy (non-hydrogen) atoms. The number of nitrogens with two attached hydrogens (primary N) is 1. The quantitative estimate of drug-likeness (QED) is 0.534. The molecule has 0 radical (unpaired) electrons. The molecule has 0 bridgehead atoms. The summed E-state index contributed by atoms with van der Waals surface area (Å²) < 4.78 is 18.1. The van der Waals surface area contributed by atoms with E-state index in [4.69, 9.17) is 5.73 Å². The van der Waals surface area contributed by atoms with Crippen LogP contribution in [0.4, 0.5) is 15.8 Å². The van der Waals surface area contributed by atoms with Crippen molar-refractivity contribution >= 4 is 28.7 Å². The summed E-state index contributed by atoms with van der Waals surface area (Å²) in [6.07, 6.45) is 0. The number of hydrogen-bond donors (Lipinski definition) is 1. The molecule has 110 valence electrons. The van der Waals surface area contributed by atoms with Crippen LogP contribution in [0.2, 0.25) is 0 Å². The smallest absolute Gasteiger partial charge is 0.350 e. The first-order chi connectivity index (χ1) is 9.85. The third-order valence-electron chi connectivity index (χ3n) is 2.92. The monoisotopic (exact) mass is 310 g/mol. The number of nitrogen functional groups attached to an aromatic ring is 1. The molecule has 6 nitrogen and oxygen atoms in total. The second-order valence-electron chi connectivity index (χ2n) is 4.25. The van der Waals surface area contributed by atoms with Crippen molar-refractivity contribution in [3.8, 4) is 10.4 Å². The van der Waals surface area contributed by atoms with Crippen LogP contribution in [0.5, 0.6) is 0 Å². The molecule has 0 aliphatic heterocycles. The molecule has 0 amide bonds. The van der Waals surface area contributed by atoms with Gasteiger partial charge in [0.15, 0.2) is 0 Å². The van der Waals surface area contributed by atoms with Gasteiger partial charge in [-0.3, -0.25) is 10.1 Å². The van der Waals surface area contributed by atoms with Crippen LogP contribution in [-0.2, 0) is 4.74 Å². The normalized spacial score (nSPS) is 10.4. The number of nitro groups is 1. The summed E-state index contributed by atoms with van der Waals surface area (Å²) in [5.41, 5.74) is 6.55. The Morgan fingerprint density at radius 1 is 1.43 bits per heavy atom.